The van der Waals surface area contributed by atoms with Gasteiger partial charge in [0.15, 0.2) is 0 Å². The molecular weight excluding hydrogens is 258 g/mol. The van der Waals surface area contributed by atoms with Gasteiger partial charge in [0.05, 0.1) is 0 Å². The fourth-order valence-corrected chi connectivity index (χ4v) is 2.21. The second-order valence-electron chi connectivity index (χ2n) is 4.76. The predicted molar refractivity (Wildman–Crippen MR) is 75.5 cm³/mol. The topological polar surface area (TPSA) is 24.9 Å². The Labute approximate surface area is 117 Å². The molecule has 106 valence electrons. The number of hydrogen-bond acceptors (Lipinski definition) is 2. The van der Waals surface area contributed by atoms with E-state index in [1.165, 1.54) is 0 Å². The largest absolute Gasteiger partial charge is 0.310 e. The SMILES string of the molecule is CCNC(Cc1ccccn1)c1cc(C)c(F)cc1F. The average molecular weight is 276 g/mol. The maximum Gasteiger partial charge on any atom is 0.130 e. The van der Waals surface area contributed by atoms with Gasteiger partial charge in [-0.15, -0.1) is 0 Å². The van der Waals surface area contributed by atoms with Gasteiger partial charge in [-0.2, -0.15) is 0 Å². The van der Waals surface area contributed by atoms with Crippen molar-refractivity contribution in [1.29, 1.82) is 0 Å². The molecule has 4 heteroatoms. The molecule has 0 aliphatic carbocycles. The molecule has 1 unspecified atom stereocenters. The number of rotatable bonds is 5. The Hall–Kier alpha value is -1.81. The standard InChI is InChI=1S/C16H18F2N2/c1-3-19-16(9-12-6-4-5-7-20-12)13-8-11(2)14(17)10-15(13)18/h4-8,10,16,19H,3,9H2,1-2H3. The van der Waals surface area contributed by atoms with E-state index in [4.69, 9.17) is 0 Å². The molecule has 0 amide bonds. The third-order valence-corrected chi connectivity index (χ3v) is 3.24. The molecule has 2 nitrogen and oxygen atoms in total. The summed E-state index contributed by atoms with van der Waals surface area (Å²) in [5.74, 6) is -1.03. The summed E-state index contributed by atoms with van der Waals surface area (Å²) in [5, 5.41) is 3.23. The molecule has 0 saturated heterocycles. The molecule has 0 aliphatic rings. The molecule has 0 fully saturated rings. The minimum absolute atomic E-state index is 0.214. The number of likely N-dealkylation sites (N-methyl/N-ethyl adjacent to an activating group) is 1. The lowest BCUT2D eigenvalue weighted by Crippen LogP contribution is -2.24. The van der Waals surface area contributed by atoms with Crippen LogP contribution in [0.4, 0.5) is 8.78 Å². The zero-order valence-corrected chi connectivity index (χ0v) is 11.7. The van der Waals surface area contributed by atoms with Crippen molar-refractivity contribution < 1.29 is 8.78 Å². The van der Waals surface area contributed by atoms with Crippen molar-refractivity contribution in [1.82, 2.24) is 10.3 Å². The first kappa shape index (κ1) is 14.6. The van der Waals surface area contributed by atoms with Gasteiger partial charge in [-0.25, -0.2) is 8.78 Å². The Morgan fingerprint density at radius 1 is 1.20 bits per heavy atom. The van der Waals surface area contributed by atoms with Crippen LogP contribution in [0.1, 0.15) is 29.8 Å². The van der Waals surface area contributed by atoms with Gasteiger partial charge in [0.1, 0.15) is 11.6 Å². The normalized spacial score (nSPS) is 12.4. The van der Waals surface area contributed by atoms with E-state index < -0.39 is 11.6 Å². The summed E-state index contributed by atoms with van der Waals surface area (Å²) in [6, 6.07) is 7.95. The zero-order chi connectivity index (χ0) is 14.5. The van der Waals surface area contributed by atoms with Crippen molar-refractivity contribution in [3.8, 4) is 0 Å². The summed E-state index contributed by atoms with van der Waals surface area (Å²) in [6.07, 6.45) is 2.28. The van der Waals surface area contributed by atoms with E-state index in [0.29, 0.717) is 24.1 Å². The van der Waals surface area contributed by atoms with E-state index in [9.17, 15) is 8.78 Å². The van der Waals surface area contributed by atoms with Gasteiger partial charge in [-0.3, -0.25) is 4.98 Å². The van der Waals surface area contributed by atoms with Crippen LogP contribution >= 0.6 is 0 Å². The number of benzene rings is 1. The highest BCUT2D eigenvalue weighted by Crippen LogP contribution is 2.23. The van der Waals surface area contributed by atoms with Gasteiger partial charge >= 0.3 is 0 Å². The second kappa shape index (κ2) is 6.57. The van der Waals surface area contributed by atoms with Gasteiger partial charge in [-0.1, -0.05) is 13.0 Å². The predicted octanol–water partition coefficient (Wildman–Crippen LogP) is 3.56. The summed E-state index contributed by atoms with van der Waals surface area (Å²) >= 11 is 0. The molecule has 0 radical (unpaired) electrons. The van der Waals surface area contributed by atoms with Gasteiger partial charge in [0, 0.05) is 36.0 Å². The summed E-state index contributed by atoms with van der Waals surface area (Å²) < 4.78 is 27.4. The number of nitrogens with one attached hydrogen (secondary N) is 1. The lowest BCUT2D eigenvalue weighted by atomic mass is 9.99. The molecule has 2 rings (SSSR count). The summed E-state index contributed by atoms with van der Waals surface area (Å²) in [7, 11) is 0. The van der Waals surface area contributed by atoms with Crippen molar-refractivity contribution in [3.05, 3.63) is 65.0 Å². The van der Waals surface area contributed by atoms with Crippen LogP contribution in [-0.2, 0) is 6.42 Å². The van der Waals surface area contributed by atoms with Crippen LogP contribution < -0.4 is 5.32 Å². The third-order valence-electron chi connectivity index (χ3n) is 3.24. The number of nitrogens with zero attached hydrogens (tertiary/aromatic N) is 1. The maximum atomic E-state index is 14.0. The number of pyridine rings is 1. The van der Waals surface area contributed by atoms with E-state index >= 15 is 0 Å². The third kappa shape index (κ3) is 3.39. The van der Waals surface area contributed by atoms with E-state index in [2.05, 4.69) is 10.3 Å². The van der Waals surface area contributed by atoms with Crippen molar-refractivity contribution in [3.63, 3.8) is 0 Å². The molecule has 1 heterocycles. The molecule has 20 heavy (non-hydrogen) atoms. The number of halogens is 2. The van der Waals surface area contributed by atoms with Crippen LogP contribution in [-0.4, -0.2) is 11.5 Å². The lowest BCUT2D eigenvalue weighted by molar-refractivity contribution is 0.497. The Kier molecular flexibility index (Phi) is 4.79. The fraction of sp³-hybridized carbons (Fsp3) is 0.312. The second-order valence-corrected chi connectivity index (χ2v) is 4.76. The molecule has 0 saturated carbocycles. The van der Waals surface area contributed by atoms with Crippen LogP contribution in [0.3, 0.4) is 0 Å². The fourth-order valence-electron chi connectivity index (χ4n) is 2.21. The van der Waals surface area contributed by atoms with E-state index in [1.807, 2.05) is 25.1 Å². The first-order chi connectivity index (χ1) is 9.61. The first-order valence-corrected chi connectivity index (χ1v) is 6.70. The monoisotopic (exact) mass is 276 g/mol. The van der Waals surface area contributed by atoms with Gasteiger partial charge in [0.2, 0.25) is 0 Å². The first-order valence-electron chi connectivity index (χ1n) is 6.70. The minimum Gasteiger partial charge on any atom is -0.310 e. The van der Waals surface area contributed by atoms with Crippen LogP contribution in [0.25, 0.3) is 0 Å². The highest BCUT2D eigenvalue weighted by molar-refractivity contribution is 5.29. The minimum atomic E-state index is -0.519. The van der Waals surface area contributed by atoms with Crippen molar-refractivity contribution in [2.24, 2.45) is 0 Å². The molecule has 1 aromatic carbocycles. The molecule has 0 bridgehead atoms. The molecule has 1 aromatic heterocycles. The highest BCUT2D eigenvalue weighted by atomic mass is 19.1. The summed E-state index contributed by atoms with van der Waals surface area (Å²) in [4.78, 5) is 4.26. The summed E-state index contributed by atoms with van der Waals surface area (Å²) in [6.45, 7) is 4.30. The lowest BCUT2D eigenvalue weighted by Gasteiger charge is -2.19. The van der Waals surface area contributed by atoms with Gasteiger partial charge in [-0.05, 0) is 37.2 Å². The number of aryl methyl sites for hydroxylation is 1. The average Bonchev–Trinajstić information content (AvgIpc) is 2.44. The Morgan fingerprint density at radius 2 is 2.00 bits per heavy atom. The molecule has 0 aliphatic heterocycles. The number of hydrogen-bond donors (Lipinski definition) is 1. The smallest absolute Gasteiger partial charge is 0.130 e. The van der Waals surface area contributed by atoms with Gasteiger partial charge in [0.25, 0.3) is 0 Å². The summed E-state index contributed by atoms with van der Waals surface area (Å²) in [5.41, 5.74) is 1.81. The highest BCUT2D eigenvalue weighted by Gasteiger charge is 2.17. The van der Waals surface area contributed by atoms with Crippen molar-refractivity contribution >= 4 is 0 Å². The molecular formula is C16H18F2N2. The van der Waals surface area contributed by atoms with E-state index in [0.717, 1.165) is 11.8 Å². The molecule has 1 atom stereocenters. The van der Waals surface area contributed by atoms with Crippen LogP contribution in [0.15, 0.2) is 36.5 Å². The molecule has 1 N–H and O–H groups in total. The maximum absolute atomic E-state index is 14.0. The van der Waals surface area contributed by atoms with Crippen molar-refractivity contribution in [2.75, 3.05) is 6.54 Å². The van der Waals surface area contributed by atoms with Crippen LogP contribution in [0.5, 0.6) is 0 Å². The molecule has 2 aromatic rings. The quantitative estimate of drug-likeness (QED) is 0.903. The van der Waals surface area contributed by atoms with Crippen LogP contribution in [0.2, 0.25) is 0 Å². The number of aromatic nitrogens is 1. The Morgan fingerprint density at radius 3 is 2.65 bits per heavy atom. The zero-order valence-electron chi connectivity index (χ0n) is 11.7. The van der Waals surface area contributed by atoms with E-state index in [1.54, 1.807) is 19.2 Å². The Bertz CT molecular complexity index is 570. The van der Waals surface area contributed by atoms with Crippen LogP contribution in [0, 0.1) is 18.6 Å². The molecule has 0 spiro atoms. The van der Waals surface area contributed by atoms with Crippen molar-refractivity contribution in [2.45, 2.75) is 26.3 Å². The van der Waals surface area contributed by atoms with E-state index in [-0.39, 0.29) is 6.04 Å². The Balaban J connectivity index is 2.31. The van der Waals surface area contributed by atoms with Gasteiger partial charge < -0.3 is 5.32 Å².